The van der Waals surface area contributed by atoms with E-state index in [1.807, 2.05) is 10.6 Å². The normalized spacial score (nSPS) is 21.1. The van der Waals surface area contributed by atoms with Gasteiger partial charge in [0.1, 0.15) is 18.1 Å². The van der Waals surface area contributed by atoms with Crippen molar-refractivity contribution in [2.75, 3.05) is 10.6 Å². The first-order valence-corrected chi connectivity index (χ1v) is 7.23. The third-order valence-electron chi connectivity index (χ3n) is 4.35. The van der Waals surface area contributed by atoms with Crippen molar-refractivity contribution in [1.82, 2.24) is 24.7 Å². The van der Waals surface area contributed by atoms with E-state index in [1.165, 1.54) is 12.8 Å². The molecule has 3 heterocycles. The quantitative estimate of drug-likeness (QED) is 0.843. The summed E-state index contributed by atoms with van der Waals surface area (Å²) >= 11 is 0. The molecule has 0 aromatic carbocycles. The highest BCUT2D eigenvalue weighted by molar-refractivity contribution is 5.63. The van der Waals surface area contributed by atoms with Gasteiger partial charge < -0.3 is 10.6 Å². The summed E-state index contributed by atoms with van der Waals surface area (Å²) in [6, 6.07) is 0.406. The lowest BCUT2D eigenvalue weighted by atomic mass is 10.1. The molecule has 7 nitrogen and oxygen atoms in total. The summed E-state index contributed by atoms with van der Waals surface area (Å²) in [5.41, 5.74) is 6.69. The van der Waals surface area contributed by atoms with Crippen molar-refractivity contribution in [3.05, 3.63) is 31.0 Å². The van der Waals surface area contributed by atoms with Crippen LogP contribution in [0.2, 0.25) is 0 Å². The Hall–Kier alpha value is -2.44. The van der Waals surface area contributed by atoms with Crippen LogP contribution < -0.4 is 10.6 Å². The Morgan fingerprint density at radius 2 is 2.14 bits per heavy atom. The average molecular weight is 283 g/mol. The van der Waals surface area contributed by atoms with Gasteiger partial charge in [-0.15, -0.1) is 16.8 Å². The molecule has 1 aliphatic heterocycles. The molecule has 0 amide bonds. The molecule has 2 N–H and O–H groups in total. The highest BCUT2D eigenvalue weighted by Gasteiger charge is 2.37. The summed E-state index contributed by atoms with van der Waals surface area (Å²) in [5.74, 6) is 2.00. The van der Waals surface area contributed by atoms with Gasteiger partial charge in [-0.2, -0.15) is 4.98 Å². The summed E-state index contributed by atoms with van der Waals surface area (Å²) in [4.78, 5) is 10.9. The third kappa shape index (κ3) is 1.73. The van der Waals surface area contributed by atoms with E-state index in [-0.39, 0.29) is 12.0 Å². The first-order valence-electron chi connectivity index (χ1n) is 7.23. The van der Waals surface area contributed by atoms with E-state index in [4.69, 9.17) is 5.73 Å². The van der Waals surface area contributed by atoms with Gasteiger partial charge in [-0.05, 0) is 12.8 Å². The molecule has 0 bridgehead atoms. The minimum Gasteiger partial charge on any atom is -0.368 e. The van der Waals surface area contributed by atoms with Gasteiger partial charge in [-0.25, -0.2) is 4.98 Å². The monoisotopic (exact) mass is 283 g/mol. The van der Waals surface area contributed by atoms with Crippen LogP contribution >= 0.6 is 0 Å². The molecule has 1 saturated carbocycles. The van der Waals surface area contributed by atoms with Crippen LogP contribution in [0.5, 0.6) is 0 Å². The summed E-state index contributed by atoms with van der Waals surface area (Å²) in [6.45, 7) is 3.98. The molecule has 0 spiro atoms. The molecule has 108 valence electrons. The van der Waals surface area contributed by atoms with Crippen molar-refractivity contribution in [2.24, 2.45) is 0 Å². The molecule has 0 saturated heterocycles. The lowest BCUT2D eigenvalue weighted by Gasteiger charge is -2.39. The molecule has 2 aliphatic rings. The molecule has 1 fully saturated rings. The van der Waals surface area contributed by atoms with Gasteiger partial charge in [-0.3, -0.25) is 4.57 Å². The maximum Gasteiger partial charge on any atom is 0.222 e. The average Bonchev–Trinajstić information content (AvgIpc) is 3.16. The maximum absolute atomic E-state index is 5.81. The number of hydrogen-bond donors (Lipinski definition) is 1. The zero-order valence-electron chi connectivity index (χ0n) is 11.7. The first kappa shape index (κ1) is 12.3. The number of nitrogens with zero attached hydrogens (tertiary/aromatic N) is 6. The van der Waals surface area contributed by atoms with E-state index in [2.05, 4.69) is 31.6 Å². The van der Waals surface area contributed by atoms with Gasteiger partial charge in [0.15, 0.2) is 11.6 Å². The second-order valence-electron chi connectivity index (χ2n) is 5.52. The highest BCUT2D eigenvalue weighted by atomic mass is 15.4. The van der Waals surface area contributed by atoms with E-state index in [0.29, 0.717) is 6.04 Å². The van der Waals surface area contributed by atoms with E-state index >= 15 is 0 Å². The molecule has 0 unspecified atom stereocenters. The minimum absolute atomic E-state index is 0.0302. The third-order valence-corrected chi connectivity index (χ3v) is 4.35. The van der Waals surface area contributed by atoms with E-state index in [9.17, 15) is 0 Å². The van der Waals surface area contributed by atoms with Crippen molar-refractivity contribution in [2.45, 2.75) is 37.8 Å². The fourth-order valence-corrected chi connectivity index (χ4v) is 3.43. The molecule has 7 heteroatoms. The van der Waals surface area contributed by atoms with Gasteiger partial charge >= 0.3 is 0 Å². The van der Waals surface area contributed by atoms with Gasteiger partial charge in [0.05, 0.1) is 6.20 Å². The molecular formula is C14H17N7. The zero-order chi connectivity index (χ0) is 14.4. The van der Waals surface area contributed by atoms with Crippen LogP contribution in [0.3, 0.4) is 0 Å². The van der Waals surface area contributed by atoms with Crippen molar-refractivity contribution >= 4 is 11.8 Å². The van der Waals surface area contributed by atoms with E-state index < -0.39 is 0 Å². The second-order valence-corrected chi connectivity index (χ2v) is 5.52. The van der Waals surface area contributed by atoms with Crippen LogP contribution in [0.1, 0.15) is 37.5 Å². The molecule has 2 aromatic rings. The van der Waals surface area contributed by atoms with Crippen LogP contribution in [-0.4, -0.2) is 30.8 Å². The Morgan fingerprint density at radius 1 is 1.33 bits per heavy atom. The number of aromatic nitrogens is 5. The second kappa shape index (κ2) is 4.54. The minimum atomic E-state index is -0.0302. The molecule has 21 heavy (non-hydrogen) atoms. The number of nitrogen functional groups attached to an aromatic ring is 1. The molecule has 0 radical (unpaired) electrons. The van der Waals surface area contributed by atoms with Crippen molar-refractivity contribution in [1.29, 1.82) is 0 Å². The maximum atomic E-state index is 5.81. The topological polar surface area (TPSA) is 85.8 Å². The number of nitrogens with two attached hydrogens (primary N) is 1. The predicted molar refractivity (Wildman–Crippen MR) is 79.0 cm³/mol. The van der Waals surface area contributed by atoms with Crippen LogP contribution in [0.25, 0.3) is 5.69 Å². The van der Waals surface area contributed by atoms with Gasteiger partial charge in [-0.1, -0.05) is 18.9 Å². The Morgan fingerprint density at radius 3 is 2.90 bits per heavy atom. The van der Waals surface area contributed by atoms with E-state index in [1.54, 1.807) is 12.5 Å². The standard InChI is InChI=1S/C14H17N7/c1-2-10-13-19-17-8-20(13)11-7-16-14(15)18-12(11)21(10)9-5-3-4-6-9/h2,7-10H,1,3-6H2,(H2,15,16,18)/t10-/m1/s1. The Bertz CT molecular complexity index is 686. The van der Waals surface area contributed by atoms with Crippen molar-refractivity contribution in [3.63, 3.8) is 0 Å². The summed E-state index contributed by atoms with van der Waals surface area (Å²) in [6.07, 6.45) is 10.1. The van der Waals surface area contributed by atoms with Gasteiger partial charge in [0.25, 0.3) is 0 Å². The fourth-order valence-electron chi connectivity index (χ4n) is 3.43. The first-order chi connectivity index (χ1) is 10.3. The van der Waals surface area contributed by atoms with Crippen LogP contribution in [-0.2, 0) is 0 Å². The zero-order valence-corrected chi connectivity index (χ0v) is 11.7. The Kier molecular flexibility index (Phi) is 2.66. The number of rotatable bonds is 2. The van der Waals surface area contributed by atoms with Crippen molar-refractivity contribution < 1.29 is 0 Å². The van der Waals surface area contributed by atoms with Crippen molar-refractivity contribution in [3.8, 4) is 5.69 Å². The fraction of sp³-hybridized carbons (Fsp3) is 0.429. The van der Waals surface area contributed by atoms with Crippen LogP contribution in [0, 0.1) is 0 Å². The van der Waals surface area contributed by atoms with Crippen LogP contribution in [0.4, 0.5) is 11.8 Å². The van der Waals surface area contributed by atoms with Gasteiger partial charge in [0, 0.05) is 6.04 Å². The predicted octanol–water partition coefficient (Wildman–Crippen LogP) is 1.63. The largest absolute Gasteiger partial charge is 0.368 e. The highest BCUT2D eigenvalue weighted by Crippen LogP contribution is 2.41. The van der Waals surface area contributed by atoms with Gasteiger partial charge in [0.2, 0.25) is 5.95 Å². The summed E-state index contributed by atoms with van der Waals surface area (Å²) in [7, 11) is 0. The molecule has 2 aromatic heterocycles. The SMILES string of the molecule is C=C[C@@H]1c2nncn2-c2cnc(N)nc2N1C1CCCC1. The lowest BCUT2D eigenvalue weighted by Crippen LogP contribution is -2.41. The number of fused-ring (bicyclic) bond motifs is 3. The number of anilines is 2. The summed E-state index contributed by atoms with van der Waals surface area (Å²) < 4.78 is 1.92. The smallest absolute Gasteiger partial charge is 0.222 e. The summed E-state index contributed by atoms with van der Waals surface area (Å²) in [5, 5.41) is 8.30. The lowest BCUT2D eigenvalue weighted by molar-refractivity contribution is 0.530. The van der Waals surface area contributed by atoms with E-state index in [0.717, 1.165) is 30.2 Å². The number of hydrogen-bond acceptors (Lipinski definition) is 6. The van der Waals surface area contributed by atoms with Crippen LogP contribution in [0.15, 0.2) is 25.2 Å². The molecule has 1 aliphatic carbocycles. The Labute approximate surface area is 122 Å². The molecular weight excluding hydrogens is 266 g/mol. The Balaban J connectivity index is 1.93. The molecule has 4 rings (SSSR count). The molecule has 1 atom stereocenters.